The van der Waals surface area contributed by atoms with Crippen LogP contribution in [0.25, 0.3) is 11.1 Å². The average molecular weight is 400 g/mol. The van der Waals surface area contributed by atoms with Crippen LogP contribution >= 0.6 is 0 Å². The van der Waals surface area contributed by atoms with Gasteiger partial charge in [0.25, 0.3) is 0 Å². The fourth-order valence-corrected chi connectivity index (χ4v) is 4.19. The van der Waals surface area contributed by atoms with E-state index in [9.17, 15) is 19.6 Å². The van der Waals surface area contributed by atoms with Crippen molar-refractivity contribution in [3.63, 3.8) is 0 Å². The zero-order chi connectivity index (χ0) is 21.1. The molecule has 3 atom stereocenters. The summed E-state index contributed by atoms with van der Waals surface area (Å²) in [6, 6.07) is 24.3. The molecule has 150 valence electrons. The Morgan fingerprint density at radius 2 is 1.67 bits per heavy atom. The van der Waals surface area contributed by atoms with E-state index in [0.29, 0.717) is 5.56 Å². The van der Waals surface area contributed by atoms with Gasteiger partial charge >= 0.3 is 0 Å². The van der Waals surface area contributed by atoms with Crippen molar-refractivity contribution in [1.29, 1.82) is 5.26 Å². The van der Waals surface area contributed by atoms with E-state index < -0.39 is 12.1 Å². The molecule has 0 spiro atoms. The molecule has 4 rings (SSSR count). The van der Waals surface area contributed by atoms with Crippen LogP contribution in [0.2, 0.25) is 0 Å². The van der Waals surface area contributed by atoms with Crippen LogP contribution < -0.4 is 0 Å². The minimum atomic E-state index is -0.641. The molecule has 1 heterocycles. The largest absolute Gasteiger partial charge is 0.394 e. The summed E-state index contributed by atoms with van der Waals surface area (Å²) < 4.78 is 14.0. The lowest BCUT2D eigenvalue weighted by atomic mass is 9.75. The number of rotatable bonds is 5. The van der Waals surface area contributed by atoms with Crippen molar-refractivity contribution in [3.8, 4) is 17.2 Å². The van der Waals surface area contributed by atoms with Gasteiger partial charge < -0.3 is 10.0 Å². The molecule has 30 heavy (non-hydrogen) atoms. The predicted molar refractivity (Wildman–Crippen MR) is 112 cm³/mol. The minimum Gasteiger partial charge on any atom is -0.394 e. The Morgan fingerprint density at radius 1 is 1.00 bits per heavy atom. The fourth-order valence-electron chi connectivity index (χ4n) is 4.19. The quantitative estimate of drug-likeness (QED) is 0.706. The molecular weight excluding hydrogens is 379 g/mol. The number of benzene rings is 3. The zero-order valence-electron chi connectivity index (χ0n) is 16.3. The number of carbonyl (C=O) groups is 1. The lowest BCUT2D eigenvalue weighted by Gasteiger charge is -2.51. The van der Waals surface area contributed by atoms with Crippen LogP contribution in [0.3, 0.4) is 0 Å². The maximum absolute atomic E-state index is 14.0. The normalized spacial score (nSPS) is 20.3. The highest BCUT2D eigenvalue weighted by Gasteiger charge is 2.51. The van der Waals surface area contributed by atoms with E-state index in [2.05, 4.69) is 6.07 Å². The second-order valence-corrected chi connectivity index (χ2v) is 7.41. The summed E-state index contributed by atoms with van der Waals surface area (Å²) in [5.41, 5.74) is 2.97. The maximum Gasteiger partial charge on any atom is 0.228 e. The van der Waals surface area contributed by atoms with Gasteiger partial charge in [0.15, 0.2) is 0 Å². The Morgan fingerprint density at radius 3 is 2.30 bits per heavy atom. The van der Waals surface area contributed by atoms with Crippen LogP contribution in [0.1, 0.15) is 17.0 Å². The van der Waals surface area contributed by atoms with Gasteiger partial charge in [0.1, 0.15) is 11.9 Å². The average Bonchev–Trinajstić information content (AvgIpc) is 2.75. The highest BCUT2D eigenvalue weighted by atomic mass is 19.1. The van der Waals surface area contributed by atoms with Gasteiger partial charge in [-0.25, -0.2) is 4.39 Å². The highest BCUT2D eigenvalue weighted by Crippen LogP contribution is 2.41. The number of halogens is 1. The Bertz CT molecular complexity index is 1080. The number of nitrogens with zero attached hydrogens (tertiary/aromatic N) is 2. The molecule has 1 aliphatic rings. The van der Waals surface area contributed by atoms with E-state index in [0.717, 1.165) is 16.7 Å². The number of hydrogen-bond donors (Lipinski definition) is 1. The summed E-state index contributed by atoms with van der Waals surface area (Å²) in [5.74, 6) is -0.755. The molecule has 5 heteroatoms. The molecule has 0 unspecified atom stereocenters. The van der Waals surface area contributed by atoms with Crippen LogP contribution in [0, 0.1) is 17.1 Å². The molecule has 0 bridgehead atoms. The Hall–Kier alpha value is -3.49. The van der Waals surface area contributed by atoms with Crippen molar-refractivity contribution in [2.75, 3.05) is 6.61 Å². The number of hydrogen-bond acceptors (Lipinski definition) is 3. The first kappa shape index (κ1) is 19.8. The molecule has 0 aromatic heterocycles. The molecule has 1 amide bonds. The lowest BCUT2D eigenvalue weighted by molar-refractivity contribution is -0.146. The molecule has 0 radical (unpaired) electrons. The highest BCUT2D eigenvalue weighted by molar-refractivity contribution is 5.81. The minimum absolute atomic E-state index is 0.175. The summed E-state index contributed by atoms with van der Waals surface area (Å²) in [4.78, 5) is 14.3. The van der Waals surface area contributed by atoms with Crippen molar-refractivity contribution >= 4 is 5.91 Å². The summed E-state index contributed by atoms with van der Waals surface area (Å²) in [6.45, 7) is -0.224. The number of carbonyl (C=O) groups excluding carboxylic acids is 1. The third kappa shape index (κ3) is 3.58. The summed E-state index contributed by atoms with van der Waals surface area (Å²) in [5, 5.41) is 19.6. The molecule has 4 nitrogen and oxygen atoms in total. The number of likely N-dealkylation sites (tertiary alicyclic amines) is 1. The van der Waals surface area contributed by atoms with Crippen LogP contribution in [0.5, 0.6) is 0 Å². The maximum atomic E-state index is 14.0. The number of aliphatic hydroxyl groups excluding tert-OH is 1. The second kappa shape index (κ2) is 8.48. The van der Waals surface area contributed by atoms with Crippen molar-refractivity contribution < 1.29 is 14.3 Å². The molecule has 3 aromatic rings. The third-order valence-electron chi connectivity index (χ3n) is 5.70. The zero-order valence-corrected chi connectivity index (χ0v) is 16.3. The molecule has 1 aliphatic heterocycles. The van der Waals surface area contributed by atoms with E-state index >= 15 is 0 Å². The topological polar surface area (TPSA) is 64.3 Å². The monoisotopic (exact) mass is 400 g/mol. The van der Waals surface area contributed by atoms with Gasteiger partial charge in [-0.3, -0.25) is 4.79 Å². The van der Waals surface area contributed by atoms with Crippen LogP contribution in [0.15, 0.2) is 78.9 Å². The molecule has 1 N–H and O–H groups in total. The fraction of sp³-hybridized carbons (Fsp3) is 0.200. The standard InChI is InChI=1S/C25H21FN2O2/c26-21-9-5-4-8-20(21)18-10-12-19(13-11-18)25-22(15-27)28(23(25)16-29)24(30)14-17-6-2-1-3-7-17/h1-13,22-23,25,29H,14,16H2/t22-,23+,25+/m0/s1. The van der Waals surface area contributed by atoms with E-state index in [1.165, 1.54) is 11.0 Å². The Kier molecular flexibility index (Phi) is 5.60. The van der Waals surface area contributed by atoms with E-state index in [-0.39, 0.29) is 30.7 Å². The number of nitriles is 1. The predicted octanol–water partition coefficient (Wildman–Crippen LogP) is 3.91. The van der Waals surface area contributed by atoms with E-state index in [4.69, 9.17) is 0 Å². The smallest absolute Gasteiger partial charge is 0.228 e. The van der Waals surface area contributed by atoms with Crippen LogP contribution in [-0.4, -0.2) is 34.6 Å². The first-order valence-electron chi connectivity index (χ1n) is 9.84. The first-order valence-corrected chi connectivity index (χ1v) is 9.84. The molecule has 3 aromatic carbocycles. The van der Waals surface area contributed by atoms with Gasteiger partial charge in [-0.15, -0.1) is 0 Å². The molecular formula is C25H21FN2O2. The summed E-state index contributed by atoms with van der Waals surface area (Å²) in [7, 11) is 0. The second-order valence-electron chi connectivity index (χ2n) is 7.41. The van der Waals surface area contributed by atoms with Gasteiger partial charge in [0, 0.05) is 11.5 Å². The first-order chi connectivity index (χ1) is 14.6. The van der Waals surface area contributed by atoms with Crippen LogP contribution in [-0.2, 0) is 11.2 Å². The van der Waals surface area contributed by atoms with E-state index in [1.54, 1.807) is 18.2 Å². The van der Waals surface area contributed by atoms with Crippen molar-refractivity contribution in [2.24, 2.45) is 0 Å². The van der Waals surface area contributed by atoms with Gasteiger partial charge in [-0.05, 0) is 22.8 Å². The van der Waals surface area contributed by atoms with Crippen molar-refractivity contribution in [3.05, 3.63) is 95.8 Å². The molecule has 0 aliphatic carbocycles. The van der Waals surface area contributed by atoms with Gasteiger partial charge in [0.2, 0.25) is 5.91 Å². The number of aliphatic hydroxyl groups is 1. The van der Waals surface area contributed by atoms with Gasteiger partial charge in [-0.1, -0.05) is 72.8 Å². The Balaban J connectivity index is 1.55. The molecule has 1 saturated heterocycles. The molecule has 0 saturated carbocycles. The lowest BCUT2D eigenvalue weighted by Crippen LogP contribution is -2.65. The van der Waals surface area contributed by atoms with Crippen molar-refractivity contribution in [2.45, 2.75) is 24.4 Å². The summed E-state index contributed by atoms with van der Waals surface area (Å²) >= 11 is 0. The van der Waals surface area contributed by atoms with Gasteiger partial charge in [-0.2, -0.15) is 5.26 Å². The summed E-state index contributed by atoms with van der Waals surface area (Å²) in [6.07, 6.45) is 0.189. The van der Waals surface area contributed by atoms with Gasteiger partial charge in [0.05, 0.1) is 25.1 Å². The third-order valence-corrected chi connectivity index (χ3v) is 5.70. The van der Waals surface area contributed by atoms with Crippen molar-refractivity contribution in [1.82, 2.24) is 4.90 Å². The van der Waals surface area contributed by atoms with E-state index in [1.807, 2.05) is 54.6 Å². The SMILES string of the molecule is N#C[C@H]1[C@@H](c2ccc(-c3ccccc3F)cc2)[C@@H](CO)N1C(=O)Cc1ccccc1. The molecule has 1 fully saturated rings. The Labute approximate surface area is 174 Å². The van der Waals surface area contributed by atoms with Crippen LogP contribution in [0.4, 0.5) is 4.39 Å². The number of amides is 1.